The Morgan fingerprint density at radius 1 is 1.22 bits per heavy atom. The number of amides is 1. The molecule has 166 valence electrons. The minimum Gasteiger partial charge on any atom is -0.496 e. The fourth-order valence-electron chi connectivity index (χ4n) is 3.34. The normalized spacial score (nSPS) is 18.1. The third-order valence-corrected chi connectivity index (χ3v) is 7.33. The van der Waals surface area contributed by atoms with Gasteiger partial charge in [-0.1, -0.05) is 35.3 Å². The quantitative estimate of drug-likeness (QED) is 0.377. The van der Waals surface area contributed by atoms with E-state index in [4.69, 9.17) is 32.7 Å². The zero-order valence-corrected chi connectivity index (χ0v) is 20.9. The number of benzene rings is 2. The molecule has 0 saturated heterocycles. The number of hydrogen-bond donors (Lipinski definition) is 1. The van der Waals surface area contributed by atoms with Gasteiger partial charge < -0.3 is 14.8 Å². The standard InChI is InChI=1S/C22H17BrCl2N2O4S/c1-30-17-6-4-12(8-14(17)23)18-13(9-26)21(27-20(28)19(18)22(29)31-2)32-10-11-3-5-15(24)16(25)7-11/h3-8,18-19H,10H2,1-2H3,(H,27,28)/t18-,19-/m1/s1. The second kappa shape index (κ2) is 10.6. The highest BCUT2D eigenvalue weighted by molar-refractivity contribution is 9.10. The molecule has 10 heteroatoms. The van der Waals surface area contributed by atoms with Crippen molar-refractivity contribution in [2.45, 2.75) is 11.7 Å². The summed E-state index contributed by atoms with van der Waals surface area (Å²) in [6.45, 7) is 0. The number of nitriles is 1. The predicted octanol–water partition coefficient (Wildman–Crippen LogP) is 5.44. The van der Waals surface area contributed by atoms with Gasteiger partial charge in [0.25, 0.3) is 0 Å². The molecule has 1 aliphatic heterocycles. The van der Waals surface area contributed by atoms with Crippen molar-refractivity contribution in [1.82, 2.24) is 5.32 Å². The first-order valence-electron chi connectivity index (χ1n) is 9.23. The molecule has 2 aromatic rings. The van der Waals surface area contributed by atoms with E-state index in [9.17, 15) is 14.9 Å². The predicted molar refractivity (Wildman–Crippen MR) is 127 cm³/mol. The molecular formula is C22H17BrCl2N2O4S. The number of rotatable bonds is 6. The van der Waals surface area contributed by atoms with Gasteiger partial charge in [0.15, 0.2) is 0 Å². The zero-order valence-electron chi connectivity index (χ0n) is 16.9. The maximum atomic E-state index is 12.9. The summed E-state index contributed by atoms with van der Waals surface area (Å²) in [6.07, 6.45) is 0. The topological polar surface area (TPSA) is 88.4 Å². The smallest absolute Gasteiger partial charge is 0.319 e. The molecule has 3 rings (SSSR count). The van der Waals surface area contributed by atoms with Crippen molar-refractivity contribution in [3.05, 3.63) is 72.6 Å². The van der Waals surface area contributed by atoms with Crippen LogP contribution in [-0.4, -0.2) is 26.1 Å². The Balaban J connectivity index is 2.04. The number of carbonyl (C=O) groups excluding carboxylic acids is 2. The van der Waals surface area contributed by atoms with E-state index < -0.39 is 23.7 Å². The lowest BCUT2D eigenvalue weighted by molar-refractivity contribution is -0.150. The number of allylic oxidation sites excluding steroid dienone is 1. The Kier molecular flexibility index (Phi) is 8.12. The number of esters is 1. The number of nitrogens with zero attached hydrogens (tertiary/aromatic N) is 1. The van der Waals surface area contributed by atoms with Gasteiger partial charge in [-0.15, -0.1) is 11.8 Å². The van der Waals surface area contributed by atoms with Crippen molar-refractivity contribution in [2.75, 3.05) is 14.2 Å². The van der Waals surface area contributed by atoms with Crippen LogP contribution in [0.4, 0.5) is 0 Å². The third-order valence-electron chi connectivity index (χ3n) is 4.89. The van der Waals surface area contributed by atoms with Crippen molar-refractivity contribution in [3.8, 4) is 11.8 Å². The summed E-state index contributed by atoms with van der Waals surface area (Å²) in [5.74, 6) is -2.27. The largest absolute Gasteiger partial charge is 0.496 e. The van der Waals surface area contributed by atoms with E-state index in [1.807, 2.05) is 6.07 Å². The highest BCUT2D eigenvalue weighted by Gasteiger charge is 2.44. The van der Waals surface area contributed by atoms with Gasteiger partial charge in [-0.05, 0) is 51.3 Å². The molecule has 0 saturated carbocycles. The molecule has 0 aromatic heterocycles. The Hall–Kier alpha value is -2.18. The van der Waals surface area contributed by atoms with Crippen molar-refractivity contribution in [2.24, 2.45) is 5.92 Å². The van der Waals surface area contributed by atoms with Crippen LogP contribution in [0.15, 0.2) is 51.5 Å². The SMILES string of the molecule is COC(=O)[C@H]1C(=O)NC(SCc2ccc(Cl)c(Cl)c2)=C(C#N)[C@H]1c1ccc(OC)c(Br)c1. The highest BCUT2D eigenvalue weighted by Crippen LogP contribution is 2.42. The third kappa shape index (κ3) is 5.07. The molecule has 1 heterocycles. The molecule has 1 aliphatic rings. The van der Waals surface area contributed by atoms with E-state index in [1.165, 1.54) is 26.0 Å². The average Bonchev–Trinajstić information content (AvgIpc) is 2.78. The first kappa shape index (κ1) is 24.5. The van der Waals surface area contributed by atoms with E-state index in [1.54, 1.807) is 30.3 Å². The molecule has 2 atom stereocenters. The van der Waals surface area contributed by atoms with E-state index in [2.05, 4.69) is 27.3 Å². The van der Waals surface area contributed by atoms with Gasteiger partial charge in [0.2, 0.25) is 5.91 Å². The molecule has 0 fully saturated rings. The van der Waals surface area contributed by atoms with Crippen LogP contribution < -0.4 is 10.1 Å². The Morgan fingerprint density at radius 3 is 2.56 bits per heavy atom. The maximum absolute atomic E-state index is 12.9. The van der Waals surface area contributed by atoms with Gasteiger partial charge >= 0.3 is 5.97 Å². The summed E-state index contributed by atoms with van der Waals surface area (Å²) in [5.41, 5.74) is 1.73. The van der Waals surface area contributed by atoms with Crippen LogP contribution in [0.25, 0.3) is 0 Å². The second-order valence-electron chi connectivity index (χ2n) is 6.75. The highest BCUT2D eigenvalue weighted by atomic mass is 79.9. The molecule has 1 amide bonds. The molecule has 2 aromatic carbocycles. The van der Waals surface area contributed by atoms with Crippen LogP contribution in [0, 0.1) is 17.2 Å². The molecule has 0 spiro atoms. The van der Waals surface area contributed by atoms with Gasteiger partial charge in [0.05, 0.1) is 45.4 Å². The maximum Gasteiger partial charge on any atom is 0.319 e. The number of thioether (sulfide) groups is 1. The molecule has 0 aliphatic carbocycles. The summed E-state index contributed by atoms with van der Waals surface area (Å²) in [7, 11) is 2.74. The average molecular weight is 556 g/mol. The zero-order chi connectivity index (χ0) is 23.4. The van der Waals surface area contributed by atoms with Crippen LogP contribution in [0.3, 0.4) is 0 Å². The lowest BCUT2D eigenvalue weighted by Gasteiger charge is -2.31. The van der Waals surface area contributed by atoms with Gasteiger partial charge in [-0.3, -0.25) is 9.59 Å². The molecule has 32 heavy (non-hydrogen) atoms. The van der Waals surface area contributed by atoms with Gasteiger partial charge in [-0.2, -0.15) is 5.26 Å². The fraction of sp³-hybridized carbons (Fsp3) is 0.227. The van der Waals surface area contributed by atoms with Gasteiger partial charge in [0.1, 0.15) is 11.7 Å². The molecule has 1 N–H and O–H groups in total. The monoisotopic (exact) mass is 554 g/mol. The first-order chi connectivity index (χ1) is 15.3. The molecule has 0 unspecified atom stereocenters. The number of nitrogens with one attached hydrogen (secondary N) is 1. The van der Waals surface area contributed by atoms with Crippen LogP contribution in [0.5, 0.6) is 5.75 Å². The van der Waals surface area contributed by atoms with Crippen molar-refractivity contribution in [1.29, 1.82) is 5.26 Å². The summed E-state index contributed by atoms with van der Waals surface area (Å²) in [6, 6.07) is 12.6. The Bertz CT molecular complexity index is 1150. The molecular weight excluding hydrogens is 539 g/mol. The number of ether oxygens (including phenoxy) is 2. The summed E-state index contributed by atoms with van der Waals surface area (Å²) < 4.78 is 10.8. The lowest BCUT2D eigenvalue weighted by atomic mass is 9.78. The summed E-state index contributed by atoms with van der Waals surface area (Å²) in [4.78, 5) is 25.4. The minimum absolute atomic E-state index is 0.266. The van der Waals surface area contributed by atoms with Gasteiger partial charge in [-0.25, -0.2) is 0 Å². The number of halogens is 3. The fourth-order valence-corrected chi connectivity index (χ4v) is 5.21. The lowest BCUT2D eigenvalue weighted by Crippen LogP contribution is -2.44. The van der Waals surface area contributed by atoms with Crippen LogP contribution in [-0.2, 0) is 20.1 Å². The summed E-state index contributed by atoms with van der Waals surface area (Å²) in [5, 5.41) is 13.9. The summed E-state index contributed by atoms with van der Waals surface area (Å²) >= 11 is 16.7. The molecule has 6 nitrogen and oxygen atoms in total. The Labute approximate surface area is 208 Å². The van der Waals surface area contributed by atoms with E-state index >= 15 is 0 Å². The second-order valence-corrected chi connectivity index (χ2v) is 9.41. The van der Waals surface area contributed by atoms with Crippen molar-refractivity contribution < 1.29 is 19.1 Å². The van der Waals surface area contributed by atoms with Crippen LogP contribution in [0.2, 0.25) is 10.0 Å². The van der Waals surface area contributed by atoms with Gasteiger partial charge in [0, 0.05) is 11.7 Å². The van der Waals surface area contributed by atoms with E-state index in [0.717, 1.165) is 5.56 Å². The van der Waals surface area contributed by atoms with Crippen molar-refractivity contribution in [3.63, 3.8) is 0 Å². The Morgan fingerprint density at radius 2 is 1.97 bits per heavy atom. The van der Waals surface area contributed by atoms with Crippen LogP contribution in [0.1, 0.15) is 17.0 Å². The van der Waals surface area contributed by atoms with E-state index in [-0.39, 0.29) is 5.57 Å². The minimum atomic E-state index is -1.20. The van der Waals surface area contributed by atoms with Crippen LogP contribution >= 0.6 is 50.9 Å². The van der Waals surface area contributed by atoms with E-state index in [0.29, 0.717) is 36.6 Å². The number of hydrogen-bond acceptors (Lipinski definition) is 6. The molecule has 0 radical (unpaired) electrons. The first-order valence-corrected chi connectivity index (χ1v) is 11.8. The number of methoxy groups -OCH3 is 2. The number of carbonyl (C=O) groups is 2. The molecule has 0 bridgehead atoms. The van der Waals surface area contributed by atoms with Crippen molar-refractivity contribution >= 4 is 62.8 Å².